The van der Waals surface area contributed by atoms with E-state index in [1.54, 1.807) is 18.2 Å². The third-order valence-corrected chi connectivity index (χ3v) is 2.35. The highest BCUT2D eigenvalue weighted by molar-refractivity contribution is 6.33. The van der Waals surface area contributed by atoms with Crippen molar-refractivity contribution < 1.29 is 8.78 Å². The van der Waals surface area contributed by atoms with Crippen LogP contribution in [0.2, 0.25) is 5.02 Å². The van der Waals surface area contributed by atoms with E-state index in [2.05, 4.69) is 6.07 Å². The van der Waals surface area contributed by atoms with Gasteiger partial charge in [0.25, 0.3) is 0 Å². The van der Waals surface area contributed by atoms with Gasteiger partial charge in [0.05, 0.1) is 10.6 Å². The van der Waals surface area contributed by atoms with Crippen molar-refractivity contribution in [3.8, 4) is 11.1 Å². The zero-order chi connectivity index (χ0) is 10.8. The smallest absolute Gasteiger partial charge is 0.134 e. The quantitative estimate of drug-likeness (QED) is 0.683. The molecule has 0 aromatic heterocycles. The van der Waals surface area contributed by atoms with Gasteiger partial charge in [0.2, 0.25) is 0 Å². The first-order chi connectivity index (χ1) is 7.20. The van der Waals surface area contributed by atoms with E-state index in [0.29, 0.717) is 5.56 Å². The molecule has 0 spiro atoms. The minimum Gasteiger partial charge on any atom is -0.206 e. The Morgan fingerprint density at radius 3 is 2.27 bits per heavy atom. The van der Waals surface area contributed by atoms with Gasteiger partial charge in [-0.3, -0.25) is 0 Å². The van der Waals surface area contributed by atoms with Gasteiger partial charge >= 0.3 is 0 Å². The molecule has 3 heteroatoms. The van der Waals surface area contributed by atoms with E-state index >= 15 is 0 Å². The van der Waals surface area contributed by atoms with Crippen LogP contribution in [-0.2, 0) is 0 Å². The molecular weight excluding hydrogens is 218 g/mol. The molecule has 15 heavy (non-hydrogen) atoms. The molecule has 0 saturated carbocycles. The number of rotatable bonds is 1. The lowest BCUT2D eigenvalue weighted by molar-refractivity contribution is 0.589. The summed E-state index contributed by atoms with van der Waals surface area (Å²) >= 11 is 5.81. The van der Waals surface area contributed by atoms with Crippen LogP contribution >= 0.6 is 11.6 Å². The summed E-state index contributed by atoms with van der Waals surface area (Å²) in [5.41, 5.74) is 0.203. The van der Waals surface area contributed by atoms with Gasteiger partial charge in [0.15, 0.2) is 0 Å². The molecule has 2 aromatic carbocycles. The summed E-state index contributed by atoms with van der Waals surface area (Å²) in [6.07, 6.45) is 0. The topological polar surface area (TPSA) is 0 Å². The molecule has 0 aliphatic carbocycles. The van der Waals surface area contributed by atoms with E-state index in [-0.39, 0.29) is 10.6 Å². The van der Waals surface area contributed by atoms with Crippen molar-refractivity contribution in [1.82, 2.24) is 0 Å². The Kier molecular flexibility index (Phi) is 2.69. The molecule has 0 saturated heterocycles. The molecule has 0 amide bonds. The van der Waals surface area contributed by atoms with Gasteiger partial charge < -0.3 is 0 Å². The maximum atomic E-state index is 13.4. The minimum absolute atomic E-state index is 0.112. The molecule has 0 unspecified atom stereocenters. The Hall–Kier alpha value is -1.41. The fraction of sp³-hybridized carbons (Fsp3) is 0. The van der Waals surface area contributed by atoms with Crippen molar-refractivity contribution in [2.24, 2.45) is 0 Å². The van der Waals surface area contributed by atoms with Crippen LogP contribution in [0.4, 0.5) is 8.78 Å². The number of benzene rings is 2. The Labute approximate surface area is 91.1 Å². The van der Waals surface area contributed by atoms with E-state index in [0.717, 1.165) is 0 Å². The molecule has 0 N–H and O–H groups in total. The highest BCUT2D eigenvalue weighted by Gasteiger charge is 2.12. The summed E-state index contributed by atoms with van der Waals surface area (Å²) in [6.45, 7) is 0. The lowest BCUT2D eigenvalue weighted by atomic mass is 10.0. The Balaban J connectivity index is 2.69. The average Bonchev–Trinajstić information content (AvgIpc) is 2.20. The van der Waals surface area contributed by atoms with Crippen LogP contribution in [0.15, 0.2) is 36.4 Å². The molecule has 0 nitrogen and oxygen atoms in total. The van der Waals surface area contributed by atoms with Gasteiger partial charge in [-0.25, -0.2) is 8.78 Å². The fourth-order valence-electron chi connectivity index (χ4n) is 1.36. The van der Waals surface area contributed by atoms with Crippen LogP contribution in [-0.4, -0.2) is 0 Å². The van der Waals surface area contributed by atoms with Crippen LogP contribution in [0.3, 0.4) is 0 Å². The molecule has 2 aromatic rings. The van der Waals surface area contributed by atoms with Crippen molar-refractivity contribution in [1.29, 1.82) is 0 Å². The zero-order valence-electron chi connectivity index (χ0n) is 7.60. The zero-order valence-corrected chi connectivity index (χ0v) is 8.35. The molecule has 0 heterocycles. The first-order valence-corrected chi connectivity index (χ1v) is 4.68. The molecule has 0 fully saturated rings. The normalized spacial score (nSPS) is 10.3. The monoisotopic (exact) mass is 223 g/mol. The predicted octanol–water partition coefficient (Wildman–Crippen LogP) is 4.09. The Morgan fingerprint density at radius 1 is 1.00 bits per heavy atom. The van der Waals surface area contributed by atoms with Crippen LogP contribution in [0.25, 0.3) is 11.1 Å². The summed E-state index contributed by atoms with van der Waals surface area (Å²) in [6, 6.07) is 11.2. The van der Waals surface area contributed by atoms with Crippen molar-refractivity contribution in [2.45, 2.75) is 0 Å². The van der Waals surface area contributed by atoms with E-state index in [1.807, 2.05) is 0 Å². The lowest BCUT2D eigenvalue weighted by Gasteiger charge is -2.06. The molecule has 75 valence electrons. The molecule has 0 atom stereocenters. The predicted molar refractivity (Wildman–Crippen MR) is 55.6 cm³/mol. The van der Waals surface area contributed by atoms with Crippen molar-refractivity contribution in [2.75, 3.05) is 0 Å². The number of halogens is 3. The third kappa shape index (κ3) is 1.85. The average molecular weight is 224 g/mol. The van der Waals surface area contributed by atoms with E-state index in [1.165, 1.54) is 18.2 Å². The lowest BCUT2D eigenvalue weighted by Crippen LogP contribution is -1.90. The van der Waals surface area contributed by atoms with E-state index in [4.69, 9.17) is 11.6 Å². The third-order valence-electron chi connectivity index (χ3n) is 2.04. The van der Waals surface area contributed by atoms with Crippen LogP contribution in [0.5, 0.6) is 0 Å². The molecule has 0 aliphatic rings. The first-order valence-electron chi connectivity index (χ1n) is 4.30. The van der Waals surface area contributed by atoms with Gasteiger partial charge in [-0.05, 0) is 12.1 Å². The fourth-order valence-corrected chi connectivity index (χ4v) is 1.59. The molecular formula is C12H6ClF2. The summed E-state index contributed by atoms with van der Waals surface area (Å²) < 4.78 is 26.8. The second kappa shape index (κ2) is 3.99. The summed E-state index contributed by atoms with van der Waals surface area (Å²) in [5.74, 6) is -1.26. The minimum atomic E-state index is -0.628. The highest BCUT2D eigenvalue weighted by Crippen LogP contribution is 2.31. The first kappa shape index (κ1) is 10.1. The van der Waals surface area contributed by atoms with Crippen molar-refractivity contribution >= 4 is 11.6 Å². The van der Waals surface area contributed by atoms with Gasteiger partial charge in [0.1, 0.15) is 11.6 Å². The van der Waals surface area contributed by atoms with Crippen molar-refractivity contribution in [3.05, 3.63) is 59.1 Å². The number of hydrogen-bond donors (Lipinski definition) is 0. The second-order valence-corrected chi connectivity index (χ2v) is 3.37. The molecule has 0 bridgehead atoms. The van der Waals surface area contributed by atoms with E-state index < -0.39 is 11.6 Å². The highest BCUT2D eigenvalue weighted by atomic mass is 35.5. The van der Waals surface area contributed by atoms with E-state index in [9.17, 15) is 8.78 Å². The van der Waals surface area contributed by atoms with Crippen LogP contribution < -0.4 is 0 Å². The summed E-state index contributed by atoms with van der Waals surface area (Å²) in [4.78, 5) is 0. The van der Waals surface area contributed by atoms with Gasteiger partial charge in [-0.2, -0.15) is 0 Å². The largest absolute Gasteiger partial charge is 0.206 e. The maximum Gasteiger partial charge on any atom is 0.134 e. The number of hydrogen-bond acceptors (Lipinski definition) is 0. The summed E-state index contributed by atoms with van der Waals surface area (Å²) in [5, 5.41) is 0.210. The molecule has 0 aliphatic heterocycles. The SMILES string of the molecule is Fc1cccc(F)c1-c1ccc[c]c1Cl. The Morgan fingerprint density at radius 2 is 1.67 bits per heavy atom. The van der Waals surface area contributed by atoms with Crippen LogP contribution in [0.1, 0.15) is 0 Å². The van der Waals surface area contributed by atoms with Gasteiger partial charge in [-0.15, -0.1) is 0 Å². The Bertz CT molecular complexity index is 474. The van der Waals surface area contributed by atoms with Gasteiger partial charge in [-0.1, -0.05) is 35.9 Å². The van der Waals surface area contributed by atoms with Crippen LogP contribution in [0, 0.1) is 17.7 Å². The van der Waals surface area contributed by atoms with Crippen molar-refractivity contribution in [3.63, 3.8) is 0 Å². The summed E-state index contributed by atoms with van der Waals surface area (Å²) in [7, 11) is 0. The maximum absolute atomic E-state index is 13.4. The second-order valence-electron chi connectivity index (χ2n) is 2.99. The van der Waals surface area contributed by atoms with Gasteiger partial charge in [0, 0.05) is 11.6 Å². The molecule has 2 rings (SSSR count). The standard InChI is InChI=1S/C12H6ClF2/c13-9-5-2-1-4-8(9)12-10(14)6-3-7-11(12)15/h1-4,6-7H. The molecule has 1 radical (unpaired) electrons.